The quantitative estimate of drug-likeness (QED) is 0.920. The Morgan fingerprint density at radius 3 is 2.47 bits per heavy atom. The first-order chi connectivity index (χ1) is 8.99. The van der Waals surface area contributed by atoms with Crippen LogP contribution in [-0.2, 0) is 18.4 Å². The number of para-hydroxylation sites is 1. The molecule has 0 unspecified atom stereocenters. The van der Waals surface area contributed by atoms with E-state index in [1.165, 1.54) is 5.56 Å². The monoisotopic (exact) mass is 258 g/mol. The van der Waals surface area contributed by atoms with Crippen molar-refractivity contribution in [3.05, 3.63) is 41.2 Å². The molecule has 19 heavy (non-hydrogen) atoms. The van der Waals surface area contributed by atoms with Gasteiger partial charge in [0.05, 0.1) is 11.4 Å². The summed E-state index contributed by atoms with van der Waals surface area (Å²) in [5.41, 5.74) is 10.1. The van der Waals surface area contributed by atoms with E-state index >= 15 is 0 Å². The molecule has 4 nitrogen and oxygen atoms in total. The van der Waals surface area contributed by atoms with Crippen LogP contribution >= 0.6 is 0 Å². The molecule has 1 heterocycles. The number of aromatic nitrogens is 3. The van der Waals surface area contributed by atoms with E-state index in [1.54, 1.807) is 0 Å². The zero-order chi connectivity index (χ0) is 14.0. The van der Waals surface area contributed by atoms with Crippen LogP contribution in [0.3, 0.4) is 0 Å². The smallest absolute Gasteiger partial charge is 0.100 e. The SMILES string of the molecule is CCc1ccccc1-n1nnc(CN)c1C(C)(C)C. The number of benzene rings is 1. The minimum absolute atomic E-state index is 0.0426. The predicted octanol–water partition coefficient (Wildman–Crippen LogP) is 2.59. The van der Waals surface area contributed by atoms with Crippen LogP contribution in [0.25, 0.3) is 5.69 Å². The highest BCUT2D eigenvalue weighted by Crippen LogP contribution is 2.28. The van der Waals surface area contributed by atoms with Gasteiger partial charge in [0.2, 0.25) is 0 Å². The molecule has 0 saturated carbocycles. The summed E-state index contributed by atoms with van der Waals surface area (Å²) in [6, 6.07) is 8.30. The minimum Gasteiger partial charge on any atom is -0.325 e. The van der Waals surface area contributed by atoms with Gasteiger partial charge < -0.3 is 5.73 Å². The van der Waals surface area contributed by atoms with Crippen LogP contribution < -0.4 is 5.73 Å². The van der Waals surface area contributed by atoms with E-state index in [4.69, 9.17) is 5.73 Å². The Morgan fingerprint density at radius 2 is 1.89 bits per heavy atom. The summed E-state index contributed by atoms with van der Waals surface area (Å²) in [5.74, 6) is 0. The lowest BCUT2D eigenvalue weighted by Crippen LogP contribution is -2.21. The second-order valence-corrected chi connectivity index (χ2v) is 5.73. The Kier molecular flexibility index (Phi) is 3.71. The highest BCUT2D eigenvalue weighted by atomic mass is 15.4. The topological polar surface area (TPSA) is 56.7 Å². The Morgan fingerprint density at radius 1 is 1.21 bits per heavy atom. The van der Waals surface area contributed by atoms with Gasteiger partial charge in [-0.2, -0.15) is 0 Å². The van der Waals surface area contributed by atoms with Gasteiger partial charge >= 0.3 is 0 Å². The highest BCUT2D eigenvalue weighted by molar-refractivity contribution is 5.43. The Hall–Kier alpha value is -1.68. The third kappa shape index (κ3) is 2.54. The second-order valence-electron chi connectivity index (χ2n) is 5.73. The van der Waals surface area contributed by atoms with Gasteiger partial charge in [0.15, 0.2) is 0 Å². The van der Waals surface area contributed by atoms with Crippen molar-refractivity contribution in [3.8, 4) is 5.69 Å². The van der Waals surface area contributed by atoms with E-state index < -0.39 is 0 Å². The molecule has 2 rings (SSSR count). The lowest BCUT2D eigenvalue weighted by Gasteiger charge is -2.22. The van der Waals surface area contributed by atoms with Crippen LogP contribution in [0.5, 0.6) is 0 Å². The lowest BCUT2D eigenvalue weighted by atomic mass is 9.90. The maximum absolute atomic E-state index is 5.79. The molecule has 1 aromatic carbocycles. The number of aryl methyl sites for hydroxylation is 1. The zero-order valence-electron chi connectivity index (χ0n) is 12.1. The Bertz CT molecular complexity index is 564. The van der Waals surface area contributed by atoms with Crippen LogP contribution in [0.4, 0.5) is 0 Å². The first-order valence-electron chi connectivity index (χ1n) is 6.72. The summed E-state index contributed by atoms with van der Waals surface area (Å²) in [6.45, 7) is 9.05. The second kappa shape index (κ2) is 5.13. The van der Waals surface area contributed by atoms with Crippen molar-refractivity contribution >= 4 is 0 Å². The summed E-state index contributed by atoms with van der Waals surface area (Å²) < 4.78 is 1.95. The highest BCUT2D eigenvalue weighted by Gasteiger charge is 2.25. The Balaban J connectivity index is 2.66. The van der Waals surface area contributed by atoms with Crippen LogP contribution in [-0.4, -0.2) is 15.0 Å². The fraction of sp³-hybridized carbons (Fsp3) is 0.467. The van der Waals surface area contributed by atoms with Gasteiger partial charge in [-0.25, -0.2) is 4.68 Å². The molecule has 0 bridgehead atoms. The number of rotatable bonds is 3. The summed E-state index contributed by atoms with van der Waals surface area (Å²) in [5, 5.41) is 8.56. The van der Waals surface area contributed by atoms with Gasteiger partial charge in [0, 0.05) is 12.0 Å². The molecule has 0 spiro atoms. The average Bonchev–Trinajstić information content (AvgIpc) is 2.82. The molecule has 0 saturated heterocycles. The third-order valence-electron chi connectivity index (χ3n) is 3.24. The van der Waals surface area contributed by atoms with Crippen LogP contribution in [0.1, 0.15) is 44.6 Å². The zero-order valence-corrected chi connectivity index (χ0v) is 12.1. The van der Waals surface area contributed by atoms with Crippen molar-refractivity contribution in [2.24, 2.45) is 5.73 Å². The van der Waals surface area contributed by atoms with Gasteiger partial charge in [-0.3, -0.25) is 0 Å². The predicted molar refractivity (Wildman–Crippen MR) is 77.3 cm³/mol. The minimum atomic E-state index is -0.0426. The average molecular weight is 258 g/mol. The maximum Gasteiger partial charge on any atom is 0.100 e. The van der Waals surface area contributed by atoms with Crippen molar-refractivity contribution in [1.29, 1.82) is 0 Å². The summed E-state index contributed by atoms with van der Waals surface area (Å²) in [4.78, 5) is 0. The molecule has 2 aromatic rings. The number of nitrogens with zero attached hydrogens (tertiary/aromatic N) is 3. The van der Waals surface area contributed by atoms with E-state index in [2.05, 4.69) is 56.2 Å². The number of nitrogens with two attached hydrogens (primary N) is 1. The van der Waals surface area contributed by atoms with Crippen molar-refractivity contribution in [3.63, 3.8) is 0 Å². The van der Waals surface area contributed by atoms with E-state index in [0.717, 1.165) is 23.5 Å². The molecule has 0 amide bonds. The molecule has 4 heteroatoms. The van der Waals surface area contributed by atoms with Gasteiger partial charge in [0.25, 0.3) is 0 Å². The molecule has 0 aliphatic rings. The lowest BCUT2D eigenvalue weighted by molar-refractivity contribution is 0.537. The summed E-state index contributed by atoms with van der Waals surface area (Å²) in [7, 11) is 0. The molecular formula is C15H22N4. The van der Waals surface area contributed by atoms with Crippen molar-refractivity contribution in [2.45, 2.75) is 46.1 Å². The fourth-order valence-electron chi connectivity index (χ4n) is 2.39. The maximum atomic E-state index is 5.79. The fourth-order valence-corrected chi connectivity index (χ4v) is 2.39. The van der Waals surface area contributed by atoms with Gasteiger partial charge in [-0.15, -0.1) is 5.10 Å². The molecule has 0 radical (unpaired) electrons. The molecule has 0 aliphatic carbocycles. The van der Waals surface area contributed by atoms with E-state index in [0.29, 0.717) is 6.54 Å². The van der Waals surface area contributed by atoms with Crippen LogP contribution in [0.15, 0.2) is 24.3 Å². The largest absolute Gasteiger partial charge is 0.325 e. The molecule has 0 fully saturated rings. The molecule has 102 valence electrons. The van der Waals surface area contributed by atoms with Crippen LogP contribution in [0.2, 0.25) is 0 Å². The summed E-state index contributed by atoms with van der Waals surface area (Å²) >= 11 is 0. The first kappa shape index (κ1) is 13.7. The number of hydrogen-bond acceptors (Lipinski definition) is 3. The number of hydrogen-bond donors (Lipinski definition) is 1. The van der Waals surface area contributed by atoms with Gasteiger partial charge in [-0.05, 0) is 18.1 Å². The van der Waals surface area contributed by atoms with Gasteiger partial charge in [-0.1, -0.05) is 51.1 Å². The normalized spacial score (nSPS) is 11.8. The summed E-state index contributed by atoms with van der Waals surface area (Å²) in [6.07, 6.45) is 0.970. The standard InChI is InChI=1S/C15H22N4/c1-5-11-8-6-7-9-13(11)19-14(15(2,3)4)12(10-16)17-18-19/h6-9H,5,10,16H2,1-4H3. The first-order valence-corrected chi connectivity index (χ1v) is 6.72. The molecule has 0 atom stereocenters. The van der Waals surface area contributed by atoms with E-state index in [-0.39, 0.29) is 5.41 Å². The van der Waals surface area contributed by atoms with E-state index in [1.807, 2.05) is 10.7 Å². The van der Waals surface area contributed by atoms with Gasteiger partial charge in [0.1, 0.15) is 5.69 Å². The Labute approximate surface area is 114 Å². The van der Waals surface area contributed by atoms with Crippen molar-refractivity contribution < 1.29 is 0 Å². The van der Waals surface area contributed by atoms with Crippen LogP contribution in [0, 0.1) is 0 Å². The van der Waals surface area contributed by atoms with E-state index in [9.17, 15) is 0 Å². The molecule has 2 N–H and O–H groups in total. The molecule has 1 aromatic heterocycles. The molecule has 0 aliphatic heterocycles. The molecular weight excluding hydrogens is 236 g/mol. The third-order valence-corrected chi connectivity index (χ3v) is 3.24. The van der Waals surface area contributed by atoms with Crippen molar-refractivity contribution in [1.82, 2.24) is 15.0 Å². The van der Waals surface area contributed by atoms with Crippen molar-refractivity contribution in [2.75, 3.05) is 0 Å².